The molecule has 2 heteroatoms. The summed E-state index contributed by atoms with van der Waals surface area (Å²) in [7, 11) is 2.25. The molecule has 1 fully saturated rings. The van der Waals surface area contributed by atoms with Crippen LogP contribution in [0.25, 0.3) is 0 Å². The topological polar surface area (TPSA) is 12.5 Å². The van der Waals surface area contributed by atoms with Crippen LogP contribution in [0.3, 0.4) is 0 Å². The molecule has 0 N–H and O–H groups in total. The van der Waals surface area contributed by atoms with Gasteiger partial charge < -0.3 is 9.64 Å². The van der Waals surface area contributed by atoms with Gasteiger partial charge in [-0.15, -0.1) is 0 Å². The molecular formula is C20H25NO. The lowest BCUT2D eigenvalue weighted by Crippen LogP contribution is -2.37. The number of benzene rings is 2. The Morgan fingerprint density at radius 3 is 2.64 bits per heavy atom. The summed E-state index contributed by atoms with van der Waals surface area (Å²) >= 11 is 0. The van der Waals surface area contributed by atoms with Crippen molar-refractivity contribution in [3.63, 3.8) is 0 Å². The number of likely N-dealkylation sites (tertiary alicyclic amines) is 1. The zero-order valence-corrected chi connectivity index (χ0v) is 13.4. The normalized spacial score (nSPS) is 19.0. The fraction of sp³-hybridized carbons (Fsp3) is 0.400. The van der Waals surface area contributed by atoms with Gasteiger partial charge in [0.05, 0.1) is 0 Å². The molecule has 0 amide bonds. The Morgan fingerprint density at radius 1 is 1.00 bits per heavy atom. The Labute approximate surface area is 133 Å². The fourth-order valence-electron chi connectivity index (χ4n) is 3.18. The Bertz CT molecular complexity index is 581. The maximum Gasteiger partial charge on any atom is 0.120 e. The Kier molecular flexibility index (Phi) is 5.12. The first kappa shape index (κ1) is 15.1. The van der Waals surface area contributed by atoms with Gasteiger partial charge in [0.25, 0.3) is 0 Å². The monoisotopic (exact) mass is 295 g/mol. The quantitative estimate of drug-likeness (QED) is 0.816. The van der Waals surface area contributed by atoms with Crippen molar-refractivity contribution in [3.05, 3.63) is 65.7 Å². The van der Waals surface area contributed by atoms with Crippen molar-refractivity contribution in [1.82, 2.24) is 4.90 Å². The van der Waals surface area contributed by atoms with E-state index in [2.05, 4.69) is 48.3 Å². The molecule has 1 aliphatic rings. The van der Waals surface area contributed by atoms with Crippen LogP contribution in [-0.4, -0.2) is 24.5 Å². The predicted molar refractivity (Wildman–Crippen MR) is 91.2 cm³/mol. The van der Waals surface area contributed by atoms with E-state index < -0.39 is 0 Å². The number of nitrogens with zero attached hydrogens (tertiary/aromatic N) is 1. The molecule has 1 aliphatic heterocycles. The second-order valence-corrected chi connectivity index (χ2v) is 6.26. The minimum absolute atomic E-state index is 0.633. The summed E-state index contributed by atoms with van der Waals surface area (Å²) < 4.78 is 5.94. The second kappa shape index (κ2) is 7.46. The molecule has 2 aromatic rings. The van der Waals surface area contributed by atoms with Gasteiger partial charge in [-0.2, -0.15) is 0 Å². The van der Waals surface area contributed by atoms with Crippen molar-refractivity contribution in [2.75, 3.05) is 13.6 Å². The zero-order valence-electron chi connectivity index (χ0n) is 13.4. The number of hydrogen-bond acceptors (Lipinski definition) is 2. The van der Waals surface area contributed by atoms with Crippen LogP contribution in [0, 0.1) is 0 Å². The van der Waals surface area contributed by atoms with E-state index in [1.165, 1.54) is 36.9 Å². The van der Waals surface area contributed by atoms with Gasteiger partial charge >= 0.3 is 0 Å². The van der Waals surface area contributed by atoms with E-state index in [1.807, 2.05) is 18.2 Å². The number of likely N-dealkylation sites (N-methyl/N-ethyl adjacent to an activating group) is 1. The maximum absolute atomic E-state index is 5.94. The van der Waals surface area contributed by atoms with Crippen LogP contribution in [0.5, 0.6) is 5.75 Å². The summed E-state index contributed by atoms with van der Waals surface area (Å²) in [6.07, 6.45) is 5.14. The zero-order chi connectivity index (χ0) is 15.2. The third-order valence-corrected chi connectivity index (χ3v) is 4.54. The highest BCUT2D eigenvalue weighted by Crippen LogP contribution is 2.22. The van der Waals surface area contributed by atoms with Gasteiger partial charge in [0.15, 0.2) is 0 Å². The van der Waals surface area contributed by atoms with Crippen LogP contribution in [0.1, 0.15) is 30.4 Å². The Morgan fingerprint density at radius 2 is 1.82 bits per heavy atom. The third kappa shape index (κ3) is 4.11. The smallest absolute Gasteiger partial charge is 0.120 e. The van der Waals surface area contributed by atoms with E-state index in [0.717, 1.165) is 12.2 Å². The molecule has 0 spiro atoms. The van der Waals surface area contributed by atoms with Crippen molar-refractivity contribution >= 4 is 0 Å². The summed E-state index contributed by atoms with van der Waals surface area (Å²) in [6.45, 7) is 1.86. The van der Waals surface area contributed by atoms with E-state index in [0.29, 0.717) is 12.6 Å². The molecule has 1 unspecified atom stereocenters. The molecule has 3 rings (SSSR count). The van der Waals surface area contributed by atoms with E-state index in [1.54, 1.807) is 0 Å². The lowest BCUT2D eigenvalue weighted by Gasteiger charge is -2.32. The highest BCUT2D eigenvalue weighted by Gasteiger charge is 2.19. The Hall–Kier alpha value is -1.80. The molecule has 2 aromatic carbocycles. The molecule has 0 saturated carbocycles. The average molecular weight is 295 g/mol. The number of ether oxygens (including phenoxy) is 1. The molecule has 1 heterocycles. The van der Waals surface area contributed by atoms with Gasteiger partial charge in [-0.3, -0.25) is 0 Å². The minimum atomic E-state index is 0.633. The summed E-state index contributed by atoms with van der Waals surface area (Å²) in [4.78, 5) is 2.50. The fourth-order valence-corrected chi connectivity index (χ4v) is 3.18. The van der Waals surface area contributed by atoms with E-state index in [-0.39, 0.29) is 0 Å². The molecular weight excluding hydrogens is 270 g/mol. The summed E-state index contributed by atoms with van der Waals surface area (Å²) in [5.74, 6) is 0.972. The first-order chi connectivity index (χ1) is 10.8. The number of piperidine rings is 1. The molecule has 0 aromatic heterocycles. The standard InChI is InChI=1S/C20H25NO/c1-21-13-6-5-11-19(21)14-18-10-7-12-20(15-18)22-16-17-8-3-2-4-9-17/h2-4,7-10,12,15,19H,5-6,11,13-14,16H2,1H3. The highest BCUT2D eigenvalue weighted by molar-refractivity contribution is 5.29. The van der Waals surface area contributed by atoms with Crippen LogP contribution in [0.4, 0.5) is 0 Å². The molecule has 116 valence electrons. The van der Waals surface area contributed by atoms with Crippen molar-refractivity contribution in [1.29, 1.82) is 0 Å². The molecule has 0 radical (unpaired) electrons. The molecule has 0 aliphatic carbocycles. The van der Waals surface area contributed by atoms with Crippen molar-refractivity contribution in [2.24, 2.45) is 0 Å². The van der Waals surface area contributed by atoms with Gasteiger partial charge in [0, 0.05) is 6.04 Å². The molecule has 0 bridgehead atoms. The van der Waals surface area contributed by atoms with Crippen LogP contribution in [0.15, 0.2) is 54.6 Å². The molecule has 22 heavy (non-hydrogen) atoms. The third-order valence-electron chi connectivity index (χ3n) is 4.54. The van der Waals surface area contributed by atoms with E-state index >= 15 is 0 Å². The van der Waals surface area contributed by atoms with E-state index in [9.17, 15) is 0 Å². The van der Waals surface area contributed by atoms with E-state index in [4.69, 9.17) is 4.74 Å². The lowest BCUT2D eigenvalue weighted by atomic mass is 9.96. The van der Waals surface area contributed by atoms with Crippen LogP contribution >= 0.6 is 0 Å². The lowest BCUT2D eigenvalue weighted by molar-refractivity contribution is 0.184. The van der Waals surface area contributed by atoms with Gasteiger partial charge in [0.2, 0.25) is 0 Å². The van der Waals surface area contributed by atoms with Crippen LogP contribution < -0.4 is 4.74 Å². The molecule has 1 atom stereocenters. The van der Waals surface area contributed by atoms with Crippen molar-refractivity contribution in [3.8, 4) is 5.75 Å². The number of rotatable bonds is 5. The van der Waals surface area contributed by atoms with Gasteiger partial charge in [-0.25, -0.2) is 0 Å². The van der Waals surface area contributed by atoms with Gasteiger partial charge in [0.1, 0.15) is 12.4 Å². The van der Waals surface area contributed by atoms with Crippen LogP contribution in [0.2, 0.25) is 0 Å². The summed E-state index contributed by atoms with van der Waals surface area (Å²) in [6, 6.07) is 19.6. The first-order valence-electron chi connectivity index (χ1n) is 8.27. The first-order valence-corrected chi connectivity index (χ1v) is 8.27. The minimum Gasteiger partial charge on any atom is -0.489 e. The molecule has 1 saturated heterocycles. The summed E-state index contributed by atoms with van der Waals surface area (Å²) in [5.41, 5.74) is 2.59. The largest absolute Gasteiger partial charge is 0.489 e. The van der Waals surface area contributed by atoms with Gasteiger partial charge in [-0.1, -0.05) is 48.9 Å². The second-order valence-electron chi connectivity index (χ2n) is 6.26. The number of hydrogen-bond donors (Lipinski definition) is 0. The average Bonchev–Trinajstić information content (AvgIpc) is 2.57. The maximum atomic E-state index is 5.94. The molecule has 2 nitrogen and oxygen atoms in total. The Balaban J connectivity index is 1.60. The van der Waals surface area contributed by atoms with Crippen LogP contribution in [-0.2, 0) is 13.0 Å². The van der Waals surface area contributed by atoms with Crippen molar-refractivity contribution < 1.29 is 4.74 Å². The van der Waals surface area contributed by atoms with Gasteiger partial charge in [-0.05, 0) is 56.1 Å². The van der Waals surface area contributed by atoms with Crippen molar-refractivity contribution in [2.45, 2.75) is 38.3 Å². The summed E-state index contributed by atoms with van der Waals surface area (Å²) in [5, 5.41) is 0. The SMILES string of the molecule is CN1CCCCC1Cc1cccc(OCc2ccccc2)c1. The highest BCUT2D eigenvalue weighted by atomic mass is 16.5. The predicted octanol–water partition coefficient (Wildman–Crippen LogP) is 4.29.